The van der Waals surface area contributed by atoms with Crippen LogP contribution in [0.5, 0.6) is 0 Å². The maximum atomic E-state index is 12.7. The Hall–Kier alpha value is -1.83. The molecule has 3 N–H and O–H groups in total. The Morgan fingerprint density at radius 3 is 2.12 bits per heavy atom. The highest BCUT2D eigenvalue weighted by Gasteiger charge is 2.29. The Morgan fingerprint density at radius 1 is 1.04 bits per heavy atom. The molecule has 1 fully saturated rings. The van der Waals surface area contributed by atoms with Gasteiger partial charge in [0.25, 0.3) is 5.91 Å². The second-order valence-corrected chi connectivity index (χ2v) is 6.89. The molecular formula is C17H22Cl2N4O3. The van der Waals surface area contributed by atoms with Gasteiger partial charge in [0.2, 0.25) is 0 Å². The van der Waals surface area contributed by atoms with Gasteiger partial charge in [-0.05, 0) is 49.7 Å². The molecule has 1 aromatic rings. The fourth-order valence-corrected chi connectivity index (χ4v) is 3.11. The number of nitrogens with zero attached hydrogens (tertiary/aromatic N) is 1. The summed E-state index contributed by atoms with van der Waals surface area (Å²) in [6.07, 6.45) is 1.73. The van der Waals surface area contributed by atoms with Crippen LogP contribution in [0.3, 0.4) is 0 Å². The lowest BCUT2D eigenvalue weighted by Gasteiger charge is -2.29. The van der Waals surface area contributed by atoms with Crippen LogP contribution in [0.25, 0.3) is 0 Å². The Kier molecular flexibility index (Phi) is 7.25. The number of benzene rings is 1. The molecular weight excluding hydrogens is 379 g/mol. The van der Waals surface area contributed by atoms with Gasteiger partial charge in [-0.15, -0.1) is 0 Å². The lowest BCUT2D eigenvalue weighted by atomic mass is 10.0. The molecule has 1 aliphatic carbocycles. The normalized spacial score (nSPS) is 14.7. The van der Waals surface area contributed by atoms with E-state index in [-0.39, 0.29) is 6.04 Å². The van der Waals surface area contributed by atoms with Crippen LogP contribution in [0, 0.1) is 0 Å². The number of rotatable bonds is 6. The second kappa shape index (κ2) is 9.21. The minimum atomic E-state index is -0.910. The predicted molar refractivity (Wildman–Crippen MR) is 99.6 cm³/mol. The van der Waals surface area contributed by atoms with Crippen molar-refractivity contribution in [3.63, 3.8) is 0 Å². The number of carbonyl (C=O) groups is 3. The average molecular weight is 401 g/mol. The average Bonchev–Trinajstić information content (AvgIpc) is 3.39. The summed E-state index contributed by atoms with van der Waals surface area (Å²) in [5, 5.41) is 3.37. The zero-order valence-corrected chi connectivity index (χ0v) is 16.2. The molecule has 0 bridgehead atoms. The van der Waals surface area contributed by atoms with Crippen LogP contribution >= 0.6 is 23.2 Å². The van der Waals surface area contributed by atoms with Gasteiger partial charge in [0.15, 0.2) is 0 Å². The molecule has 1 unspecified atom stereocenters. The third-order valence-corrected chi connectivity index (χ3v) is 4.48. The number of carbonyl (C=O) groups excluding carboxylic acids is 3. The van der Waals surface area contributed by atoms with Crippen molar-refractivity contribution in [2.24, 2.45) is 0 Å². The van der Waals surface area contributed by atoms with E-state index in [1.54, 1.807) is 18.2 Å². The molecule has 142 valence electrons. The van der Waals surface area contributed by atoms with Crippen LogP contribution in [0.1, 0.15) is 38.3 Å². The van der Waals surface area contributed by atoms with E-state index >= 15 is 0 Å². The number of halogens is 2. The Balaban J connectivity index is 2.09. The van der Waals surface area contributed by atoms with E-state index in [1.165, 1.54) is 0 Å². The highest BCUT2D eigenvalue weighted by molar-refractivity contribution is 6.35. The summed E-state index contributed by atoms with van der Waals surface area (Å²) in [4.78, 5) is 38.0. The van der Waals surface area contributed by atoms with Gasteiger partial charge in [0, 0.05) is 16.1 Å². The molecule has 1 atom stereocenters. The highest BCUT2D eigenvalue weighted by atomic mass is 35.5. The standard InChI is InChI=1S/C17H22Cl2N4O3/c1-3-23(4-2)14(10-7-11(18)9-12(19)8-10)15(24)21-22-17(26)16(25)20-13-5-6-13/h7-9,13-14H,3-6H2,1-2H3,(H,20,25)(H,21,24)(H,22,26). The van der Waals surface area contributed by atoms with Crippen molar-refractivity contribution in [1.29, 1.82) is 0 Å². The number of amides is 3. The summed E-state index contributed by atoms with van der Waals surface area (Å²) in [6, 6.07) is 4.22. The van der Waals surface area contributed by atoms with Crippen molar-refractivity contribution in [3.05, 3.63) is 33.8 Å². The SMILES string of the molecule is CCN(CC)C(C(=O)NNC(=O)C(=O)NC1CC1)c1cc(Cl)cc(Cl)c1. The fourth-order valence-electron chi connectivity index (χ4n) is 2.57. The topological polar surface area (TPSA) is 90.5 Å². The van der Waals surface area contributed by atoms with Crippen molar-refractivity contribution in [2.75, 3.05) is 13.1 Å². The molecule has 3 amide bonds. The van der Waals surface area contributed by atoms with E-state index < -0.39 is 23.8 Å². The number of hydrogen-bond donors (Lipinski definition) is 3. The van der Waals surface area contributed by atoms with Crippen LogP contribution in [0.2, 0.25) is 10.0 Å². The van der Waals surface area contributed by atoms with Gasteiger partial charge >= 0.3 is 11.8 Å². The molecule has 26 heavy (non-hydrogen) atoms. The molecule has 1 saturated carbocycles. The second-order valence-electron chi connectivity index (χ2n) is 6.02. The van der Waals surface area contributed by atoms with Gasteiger partial charge in [0.1, 0.15) is 6.04 Å². The largest absolute Gasteiger partial charge is 0.345 e. The van der Waals surface area contributed by atoms with Crippen LogP contribution in [0.15, 0.2) is 18.2 Å². The first-order chi connectivity index (χ1) is 12.3. The van der Waals surface area contributed by atoms with Gasteiger partial charge in [-0.2, -0.15) is 0 Å². The summed E-state index contributed by atoms with van der Waals surface area (Å²) < 4.78 is 0. The fraction of sp³-hybridized carbons (Fsp3) is 0.471. The Labute approximate surface area is 162 Å². The molecule has 7 nitrogen and oxygen atoms in total. The summed E-state index contributed by atoms with van der Waals surface area (Å²) >= 11 is 12.1. The Morgan fingerprint density at radius 2 is 1.62 bits per heavy atom. The van der Waals surface area contributed by atoms with Gasteiger partial charge in [0.05, 0.1) is 0 Å². The van der Waals surface area contributed by atoms with Crippen LogP contribution in [-0.4, -0.2) is 41.8 Å². The number of nitrogens with one attached hydrogen (secondary N) is 3. The zero-order chi connectivity index (χ0) is 19.3. The molecule has 0 saturated heterocycles. The first kappa shape index (κ1) is 20.5. The van der Waals surface area contributed by atoms with Gasteiger partial charge in [-0.25, -0.2) is 0 Å². The summed E-state index contributed by atoms with van der Waals surface area (Å²) in [6.45, 7) is 5.01. The first-order valence-electron chi connectivity index (χ1n) is 8.46. The molecule has 9 heteroatoms. The monoisotopic (exact) mass is 400 g/mol. The Bertz CT molecular complexity index is 670. The maximum absolute atomic E-state index is 12.7. The zero-order valence-electron chi connectivity index (χ0n) is 14.6. The van der Waals surface area contributed by atoms with Crippen LogP contribution < -0.4 is 16.2 Å². The van der Waals surface area contributed by atoms with E-state index in [2.05, 4.69) is 16.2 Å². The highest BCUT2D eigenvalue weighted by Crippen LogP contribution is 2.27. The molecule has 0 heterocycles. The lowest BCUT2D eigenvalue weighted by molar-refractivity contribution is -0.141. The smallest absolute Gasteiger partial charge is 0.327 e. The van der Waals surface area contributed by atoms with Crippen molar-refractivity contribution in [1.82, 2.24) is 21.1 Å². The van der Waals surface area contributed by atoms with E-state index in [9.17, 15) is 14.4 Å². The molecule has 0 aromatic heterocycles. The van der Waals surface area contributed by atoms with E-state index in [0.717, 1.165) is 12.8 Å². The van der Waals surface area contributed by atoms with Crippen molar-refractivity contribution >= 4 is 40.9 Å². The predicted octanol–water partition coefficient (Wildman–Crippen LogP) is 1.80. The van der Waals surface area contributed by atoms with Crippen molar-refractivity contribution in [3.8, 4) is 0 Å². The van der Waals surface area contributed by atoms with Crippen molar-refractivity contribution in [2.45, 2.75) is 38.8 Å². The molecule has 0 aliphatic heterocycles. The van der Waals surface area contributed by atoms with E-state index in [0.29, 0.717) is 28.7 Å². The molecule has 0 spiro atoms. The van der Waals surface area contributed by atoms with E-state index in [4.69, 9.17) is 23.2 Å². The first-order valence-corrected chi connectivity index (χ1v) is 9.22. The lowest BCUT2D eigenvalue weighted by Crippen LogP contribution is -2.52. The molecule has 1 aromatic carbocycles. The van der Waals surface area contributed by atoms with Crippen LogP contribution in [0.4, 0.5) is 0 Å². The molecule has 1 aliphatic rings. The number of likely N-dealkylation sites (N-methyl/N-ethyl adjacent to an activating group) is 1. The summed E-state index contributed by atoms with van der Waals surface area (Å²) in [5.74, 6) is -2.16. The number of hydrazine groups is 1. The molecule has 2 rings (SSSR count). The minimum absolute atomic E-state index is 0.0565. The summed E-state index contributed by atoms with van der Waals surface area (Å²) in [5.41, 5.74) is 5.07. The summed E-state index contributed by atoms with van der Waals surface area (Å²) in [7, 11) is 0. The molecule has 0 radical (unpaired) electrons. The van der Waals surface area contributed by atoms with Gasteiger partial charge < -0.3 is 5.32 Å². The quantitative estimate of drug-likeness (QED) is 0.501. The third kappa shape index (κ3) is 5.59. The number of hydrogen-bond acceptors (Lipinski definition) is 4. The van der Waals surface area contributed by atoms with Gasteiger partial charge in [-0.3, -0.25) is 30.1 Å². The van der Waals surface area contributed by atoms with Gasteiger partial charge in [-0.1, -0.05) is 37.0 Å². The maximum Gasteiger partial charge on any atom is 0.327 e. The van der Waals surface area contributed by atoms with Crippen molar-refractivity contribution < 1.29 is 14.4 Å². The third-order valence-electron chi connectivity index (χ3n) is 4.04. The van der Waals surface area contributed by atoms with Crippen LogP contribution in [-0.2, 0) is 14.4 Å². The van der Waals surface area contributed by atoms with E-state index in [1.807, 2.05) is 18.7 Å². The minimum Gasteiger partial charge on any atom is -0.345 e.